The molecule has 6 aromatic rings. The number of carbonyl (C=O) groups excluding carboxylic acids is 4. The molecule has 5 atom stereocenters. The number of aromatic nitrogens is 1. The molecule has 2 aliphatic carbocycles. The van der Waals surface area contributed by atoms with Gasteiger partial charge in [-0.15, -0.1) is 0 Å². The third kappa shape index (κ3) is 14.7. The van der Waals surface area contributed by atoms with Crippen LogP contribution in [0.25, 0.3) is 0 Å². The summed E-state index contributed by atoms with van der Waals surface area (Å²) < 4.78 is 51.8. The van der Waals surface area contributed by atoms with E-state index in [1.54, 1.807) is 58.9 Å². The van der Waals surface area contributed by atoms with Crippen LogP contribution >= 0.6 is 33.1 Å². The van der Waals surface area contributed by atoms with Crippen molar-refractivity contribution in [2.24, 2.45) is 23.0 Å². The SMILES string of the molecule is CCC[C@@]1(CN)C[C@@H]1CO.CCN1C(=O)c2c(OCc3ccccc3)c(=O)c(C(=O)CCc3cccc(Cl)c3F)cn2C[C@@]12C[C@@H]2CO.CCOC(=O)c1occ(C(=O)CCc2cccc(Cl)c2F)c(=O)c1OCc1ccccc1.P. The Bertz CT molecular complexity index is 3310. The number of esters is 1. The first kappa shape index (κ1) is 63.6. The lowest BCUT2D eigenvalue weighted by atomic mass is 9.98. The summed E-state index contributed by atoms with van der Waals surface area (Å²) in [5.41, 5.74) is 5.66. The number of likely N-dealkylation sites (N-methyl/N-ethyl adjacent to an activating group) is 1. The van der Waals surface area contributed by atoms with E-state index in [0.29, 0.717) is 37.5 Å². The number of nitrogens with two attached hydrogens (primary N) is 1. The number of ether oxygens (including phenoxy) is 3. The van der Waals surface area contributed by atoms with E-state index in [1.807, 2.05) is 43.3 Å². The van der Waals surface area contributed by atoms with Crippen LogP contribution in [0.4, 0.5) is 8.78 Å². The molecule has 0 radical (unpaired) electrons. The average molecular weight is 1180 g/mol. The van der Waals surface area contributed by atoms with Crippen molar-refractivity contribution in [1.82, 2.24) is 9.47 Å². The van der Waals surface area contributed by atoms with Gasteiger partial charge < -0.3 is 44.0 Å². The first-order valence-electron chi connectivity index (χ1n) is 26.6. The Morgan fingerprint density at radius 2 is 1.26 bits per heavy atom. The molecule has 1 spiro atoms. The van der Waals surface area contributed by atoms with Gasteiger partial charge in [0.25, 0.3) is 11.7 Å². The molecule has 1 aliphatic heterocycles. The molecule has 2 saturated carbocycles. The molecule has 2 aromatic heterocycles. The number of aliphatic hydroxyl groups is 2. The molecule has 20 heteroatoms. The fourth-order valence-electron chi connectivity index (χ4n) is 10.3. The highest BCUT2D eigenvalue weighted by atomic mass is 35.5. The number of amides is 1. The lowest BCUT2D eigenvalue weighted by molar-refractivity contribution is 0.0474. The molecule has 0 saturated heterocycles. The zero-order chi connectivity index (χ0) is 57.7. The van der Waals surface area contributed by atoms with Gasteiger partial charge in [-0.3, -0.25) is 24.0 Å². The van der Waals surface area contributed by atoms with Crippen LogP contribution in [0, 0.1) is 28.9 Å². The van der Waals surface area contributed by atoms with Crippen LogP contribution in [0.2, 0.25) is 10.0 Å². The Balaban J connectivity index is 0.000000223. The summed E-state index contributed by atoms with van der Waals surface area (Å²) in [6.07, 6.45) is 6.28. The summed E-state index contributed by atoms with van der Waals surface area (Å²) >= 11 is 11.6. The molecule has 9 rings (SSSR count). The highest BCUT2D eigenvalue weighted by molar-refractivity contribution is 6.92. The number of rotatable bonds is 22. The summed E-state index contributed by atoms with van der Waals surface area (Å²) in [6.45, 7) is 7.48. The van der Waals surface area contributed by atoms with Crippen molar-refractivity contribution < 1.29 is 56.8 Å². The number of benzene rings is 4. The topological polar surface area (TPSA) is 218 Å². The van der Waals surface area contributed by atoms with Crippen molar-refractivity contribution in [2.75, 3.05) is 32.9 Å². The van der Waals surface area contributed by atoms with Crippen LogP contribution in [0.3, 0.4) is 0 Å². The second-order valence-corrected chi connectivity index (χ2v) is 20.8. The highest BCUT2D eigenvalue weighted by Gasteiger charge is 2.62. The van der Waals surface area contributed by atoms with Crippen LogP contribution in [-0.2, 0) is 37.3 Å². The number of ketones is 2. The number of pyridine rings is 1. The number of Topliss-reactive ketones (excluding diaryl/α,β-unsaturated/α-hetero) is 2. The van der Waals surface area contributed by atoms with Gasteiger partial charge in [-0.25, -0.2) is 13.6 Å². The van der Waals surface area contributed by atoms with Gasteiger partial charge in [0, 0.05) is 51.3 Å². The zero-order valence-electron chi connectivity index (χ0n) is 45.5. The van der Waals surface area contributed by atoms with E-state index in [2.05, 4.69) is 6.92 Å². The summed E-state index contributed by atoms with van der Waals surface area (Å²) in [4.78, 5) is 80.2. The maximum Gasteiger partial charge on any atom is 0.378 e. The molecule has 3 aliphatic rings. The normalized spacial score (nSPS) is 18.2. The highest BCUT2D eigenvalue weighted by Crippen LogP contribution is 2.55. The Hall–Kier alpha value is -6.59. The first-order chi connectivity index (χ1) is 38.5. The third-order valence-electron chi connectivity index (χ3n) is 14.9. The van der Waals surface area contributed by atoms with Gasteiger partial charge in [-0.05, 0) is 98.2 Å². The van der Waals surface area contributed by atoms with Gasteiger partial charge in [-0.1, -0.05) is 121 Å². The van der Waals surface area contributed by atoms with E-state index in [9.17, 15) is 42.7 Å². The minimum atomic E-state index is -0.882. The fraction of sp³-hybridized carbons (Fsp3) is 0.377. The van der Waals surface area contributed by atoms with Gasteiger partial charge in [-0.2, -0.15) is 9.90 Å². The van der Waals surface area contributed by atoms with Crippen LogP contribution in [0.15, 0.2) is 124 Å². The van der Waals surface area contributed by atoms with Gasteiger partial charge in [0.05, 0.1) is 27.8 Å². The van der Waals surface area contributed by atoms with Gasteiger partial charge in [0.1, 0.15) is 36.7 Å². The smallest absolute Gasteiger partial charge is 0.378 e. The second kappa shape index (κ2) is 28.9. The van der Waals surface area contributed by atoms with E-state index < -0.39 is 57.1 Å². The maximum absolute atomic E-state index is 14.4. The number of carbonyl (C=O) groups is 4. The van der Waals surface area contributed by atoms with Gasteiger partial charge >= 0.3 is 5.97 Å². The summed E-state index contributed by atoms with van der Waals surface area (Å²) in [7, 11) is 0. The number of aryl methyl sites for hydroxylation is 2. The van der Waals surface area contributed by atoms with Crippen molar-refractivity contribution in [3.05, 3.63) is 196 Å². The minimum Gasteiger partial charge on any atom is -0.483 e. The Labute approximate surface area is 481 Å². The van der Waals surface area contributed by atoms with E-state index in [0.717, 1.165) is 30.4 Å². The van der Waals surface area contributed by atoms with Gasteiger partial charge in [0.2, 0.25) is 16.6 Å². The molecule has 15 nitrogen and oxygen atoms in total. The second-order valence-electron chi connectivity index (χ2n) is 20.0. The molecule has 4 N–H and O–H groups in total. The molecule has 4 aromatic carbocycles. The molecular weight excluding hydrogens is 1110 g/mol. The largest absolute Gasteiger partial charge is 0.483 e. The van der Waals surface area contributed by atoms with E-state index in [4.69, 9.17) is 52.7 Å². The van der Waals surface area contributed by atoms with Crippen LogP contribution < -0.4 is 26.1 Å². The maximum atomic E-state index is 14.4. The molecule has 1 amide bonds. The number of halogens is 4. The summed E-state index contributed by atoms with van der Waals surface area (Å²) in [5.74, 6) is -4.10. The molecule has 3 heterocycles. The van der Waals surface area contributed by atoms with Crippen LogP contribution in [0.1, 0.15) is 123 Å². The standard InChI is InChI=1S/C29H28ClFN2O5.C24H20ClFO6.C8H17NO.H3P/c1-2-33-28(37)25-27(38-16-18-7-4-3-5-8-18)26(36)21(14-32(25)17-29(33)13-20(29)15-34)23(35)12-11-19-9-6-10-22(30)24(19)31;1-2-30-24(29)23-22(31-13-15-7-4-3-5-8-15)21(28)17(14-32-23)19(27)12-11-16-9-6-10-18(25)20(16)26;1-2-3-8(6-9)4-7(8)5-10;/h3-10,14,20,34H,2,11-13,15-17H2,1H3;3-10,14H,2,11-13H2,1H3;7,10H,2-6,9H2,1H3;1H3/t20-,29-;;7-,8+;/m1.1./s1. The molecule has 432 valence electrons. The van der Waals surface area contributed by atoms with Gasteiger partial charge in [0.15, 0.2) is 23.0 Å². The third-order valence-corrected chi connectivity index (χ3v) is 15.5. The molecule has 2 fully saturated rings. The van der Waals surface area contributed by atoms with Crippen molar-refractivity contribution >= 4 is 56.5 Å². The first-order valence-corrected chi connectivity index (χ1v) is 27.4. The number of fused-ring (bicyclic) bond motifs is 1. The lowest BCUT2D eigenvalue weighted by Crippen LogP contribution is -2.52. The molecule has 1 unspecified atom stereocenters. The monoisotopic (exact) mass is 1170 g/mol. The Kier molecular flexibility index (Phi) is 22.7. The zero-order valence-corrected chi connectivity index (χ0v) is 48.5. The summed E-state index contributed by atoms with van der Waals surface area (Å²) in [6, 6.07) is 27.2. The Morgan fingerprint density at radius 3 is 1.74 bits per heavy atom. The van der Waals surface area contributed by atoms with Crippen molar-refractivity contribution in [2.45, 2.75) is 97.4 Å². The van der Waals surface area contributed by atoms with E-state index in [-0.39, 0.29) is 118 Å². The number of hydrogen-bond acceptors (Lipinski definition) is 13. The quantitative estimate of drug-likeness (QED) is 0.0328. The number of hydrogen-bond donors (Lipinski definition) is 3. The Morgan fingerprint density at radius 1 is 0.728 bits per heavy atom. The number of aliphatic hydroxyl groups excluding tert-OH is 2. The molecule has 81 heavy (non-hydrogen) atoms. The van der Waals surface area contributed by atoms with Crippen LogP contribution in [0.5, 0.6) is 11.5 Å². The predicted octanol–water partition coefficient (Wildman–Crippen LogP) is 10.1. The van der Waals surface area contributed by atoms with E-state index in [1.165, 1.54) is 37.2 Å². The predicted molar refractivity (Wildman–Crippen MR) is 309 cm³/mol. The minimum absolute atomic E-state index is 0. The lowest BCUT2D eigenvalue weighted by Gasteiger charge is -2.39. The number of nitrogens with zero attached hydrogens (tertiary/aromatic N) is 2. The van der Waals surface area contributed by atoms with E-state index >= 15 is 0 Å². The van der Waals surface area contributed by atoms with Crippen molar-refractivity contribution in [1.29, 1.82) is 0 Å². The molecular formula is C61H68Cl2F2N3O12P. The average Bonchev–Trinajstić information content (AvgIpc) is 4.57. The van der Waals surface area contributed by atoms with Crippen LogP contribution in [-0.4, -0.2) is 81.6 Å². The van der Waals surface area contributed by atoms with Crippen molar-refractivity contribution in [3.8, 4) is 11.5 Å². The van der Waals surface area contributed by atoms with Crippen molar-refractivity contribution in [3.63, 3.8) is 0 Å². The fourth-order valence-corrected chi connectivity index (χ4v) is 10.7. The summed E-state index contributed by atoms with van der Waals surface area (Å²) in [5, 5.41) is 18.6. The molecule has 0 bridgehead atoms.